The van der Waals surface area contributed by atoms with Crippen LogP contribution in [0.4, 0.5) is 0 Å². The molecule has 0 saturated carbocycles. The highest BCUT2D eigenvalue weighted by atomic mass is 79.9. The largest absolute Gasteiger partial charge is 0.496 e. The Labute approximate surface area is 159 Å². The summed E-state index contributed by atoms with van der Waals surface area (Å²) in [5, 5.41) is 7.36. The van der Waals surface area contributed by atoms with Gasteiger partial charge in [0.25, 0.3) is 5.91 Å². The molecule has 2 heterocycles. The van der Waals surface area contributed by atoms with Crippen LogP contribution in [0.5, 0.6) is 5.75 Å². The van der Waals surface area contributed by atoms with Gasteiger partial charge in [-0.25, -0.2) is 9.50 Å². The fourth-order valence-corrected chi connectivity index (χ4v) is 3.82. The Morgan fingerprint density at radius 2 is 2.15 bits per heavy atom. The van der Waals surface area contributed by atoms with E-state index in [1.54, 1.807) is 13.3 Å². The number of nitrogens with one attached hydrogen (secondary N) is 1. The van der Waals surface area contributed by atoms with Gasteiger partial charge in [-0.05, 0) is 49.4 Å². The third-order valence-electron chi connectivity index (χ3n) is 4.75. The fourth-order valence-electron chi connectivity index (χ4n) is 3.41. The molecule has 0 radical (unpaired) electrons. The first kappa shape index (κ1) is 17.0. The lowest BCUT2D eigenvalue weighted by molar-refractivity contribution is 0.0952. The minimum Gasteiger partial charge on any atom is -0.496 e. The summed E-state index contributed by atoms with van der Waals surface area (Å²) in [6.45, 7) is 0.365. The Hall–Kier alpha value is -2.41. The molecule has 0 atom stereocenters. The van der Waals surface area contributed by atoms with Crippen molar-refractivity contribution in [3.8, 4) is 5.75 Å². The van der Waals surface area contributed by atoms with E-state index in [4.69, 9.17) is 4.74 Å². The fraction of sp³-hybridized carbons (Fsp3) is 0.316. The summed E-state index contributed by atoms with van der Waals surface area (Å²) in [6.07, 6.45) is 7.83. The van der Waals surface area contributed by atoms with Gasteiger partial charge >= 0.3 is 0 Å². The number of hydrogen-bond acceptors (Lipinski definition) is 4. The van der Waals surface area contributed by atoms with Gasteiger partial charge in [-0.1, -0.05) is 15.9 Å². The molecule has 1 amide bonds. The van der Waals surface area contributed by atoms with Gasteiger partial charge in [0, 0.05) is 28.5 Å². The van der Waals surface area contributed by atoms with Gasteiger partial charge in [0.15, 0.2) is 5.65 Å². The molecule has 134 valence electrons. The molecule has 4 rings (SSSR count). The Morgan fingerprint density at radius 3 is 3.00 bits per heavy atom. The molecule has 1 aliphatic rings. The summed E-state index contributed by atoms with van der Waals surface area (Å²) in [5.41, 5.74) is 4.42. The quantitative estimate of drug-likeness (QED) is 0.710. The molecule has 0 saturated heterocycles. The van der Waals surface area contributed by atoms with Crippen LogP contribution in [0.2, 0.25) is 0 Å². The van der Waals surface area contributed by atoms with Crippen LogP contribution in [0.1, 0.15) is 40.0 Å². The average molecular weight is 415 g/mol. The van der Waals surface area contributed by atoms with E-state index in [1.807, 2.05) is 28.9 Å². The van der Waals surface area contributed by atoms with E-state index in [2.05, 4.69) is 31.3 Å². The Morgan fingerprint density at radius 1 is 1.31 bits per heavy atom. The number of aryl methyl sites for hydroxylation is 2. The third-order valence-corrected chi connectivity index (χ3v) is 5.24. The highest BCUT2D eigenvalue weighted by Crippen LogP contribution is 2.24. The standard InChI is InChI=1S/C19H19BrN4O2/c1-26-17-7-6-14(20)8-13(17)10-22-19(25)15-11-23-24-16-5-3-2-4-12(16)9-21-18(15)24/h6-9,11H,2-5,10H2,1H3,(H,22,25). The van der Waals surface area contributed by atoms with E-state index in [0.717, 1.165) is 35.0 Å². The zero-order valence-corrected chi connectivity index (χ0v) is 16.0. The molecule has 3 aromatic rings. The Balaban J connectivity index is 1.58. The number of nitrogens with zero attached hydrogens (tertiary/aromatic N) is 3. The summed E-state index contributed by atoms with van der Waals surface area (Å²) >= 11 is 3.45. The number of methoxy groups -OCH3 is 1. The lowest BCUT2D eigenvalue weighted by atomic mass is 9.97. The molecule has 1 aliphatic carbocycles. The first-order valence-corrected chi connectivity index (χ1v) is 9.42. The SMILES string of the molecule is COc1ccc(Br)cc1CNC(=O)c1cnn2c3c(cnc12)CCCC3. The second-order valence-corrected chi connectivity index (χ2v) is 7.29. The summed E-state index contributed by atoms with van der Waals surface area (Å²) in [7, 11) is 1.62. The predicted molar refractivity (Wildman–Crippen MR) is 101 cm³/mol. The van der Waals surface area contributed by atoms with E-state index < -0.39 is 0 Å². The van der Waals surface area contributed by atoms with E-state index in [0.29, 0.717) is 17.8 Å². The second-order valence-electron chi connectivity index (χ2n) is 6.37. The molecule has 0 spiro atoms. The van der Waals surface area contributed by atoms with Crippen molar-refractivity contribution in [3.05, 3.63) is 57.4 Å². The first-order chi connectivity index (χ1) is 12.7. The number of fused-ring (bicyclic) bond motifs is 3. The smallest absolute Gasteiger partial charge is 0.257 e. The lowest BCUT2D eigenvalue weighted by Crippen LogP contribution is -2.23. The summed E-state index contributed by atoms with van der Waals surface area (Å²) in [6, 6.07) is 5.71. The first-order valence-electron chi connectivity index (χ1n) is 8.62. The Bertz CT molecular complexity index is 983. The van der Waals surface area contributed by atoms with Gasteiger partial charge in [-0.15, -0.1) is 0 Å². The van der Waals surface area contributed by atoms with E-state index in [9.17, 15) is 4.79 Å². The number of aromatic nitrogens is 3. The lowest BCUT2D eigenvalue weighted by Gasteiger charge is -2.15. The zero-order chi connectivity index (χ0) is 18.1. The van der Waals surface area contributed by atoms with Crippen molar-refractivity contribution >= 4 is 27.5 Å². The summed E-state index contributed by atoms with van der Waals surface area (Å²) in [5.74, 6) is 0.547. The molecule has 7 heteroatoms. The molecule has 1 aromatic carbocycles. The molecule has 2 aromatic heterocycles. The normalized spacial score (nSPS) is 13.5. The van der Waals surface area contributed by atoms with Crippen molar-refractivity contribution in [2.75, 3.05) is 7.11 Å². The van der Waals surface area contributed by atoms with Gasteiger partial charge < -0.3 is 10.1 Å². The monoisotopic (exact) mass is 414 g/mol. The molecule has 1 N–H and O–H groups in total. The number of hydrogen-bond donors (Lipinski definition) is 1. The van der Waals surface area contributed by atoms with Crippen LogP contribution in [-0.4, -0.2) is 27.6 Å². The van der Waals surface area contributed by atoms with Crippen LogP contribution in [0, 0.1) is 0 Å². The number of carbonyl (C=O) groups is 1. The minimum absolute atomic E-state index is 0.190. The van der Waals surface area contributed by atoms with Crippen molar-refractivity contribution in [2.45, 2.75) is 32.2 Å². The van der Waals surface area contributed by atoms with Gasteiger partial charge in [-0.3, -0.25) is 4.79 Å². The van der Waals surface area contributed by atoms with Crippen LogP contribution in [0.3, 0.4) is 0 Å². The van der Waals surface area contributed by atoms with Gasteiger partial charge in [-0.2, -0.15) is 5.10 Å². The number of amides is 1. The van der Waals surface area contributed by atoms with Crippen molar-refractivity contribution in [2.24, 2.45) is 0 Å². The molecule has 26 heavy (non-hydrogen) atoms. The topological polar surface area (TPSA) is 68.5 Å². The molecule has 0 aliphatic heterocycles. The predicted octanol–water partition coefficient (Wildman–Crippen LogP) is 3.31. The highest BCUT2D eigenvalue weighted by molar-refractivity contribution is 9.10. The maximum absolute atomic E-state index is 12.7. The van der Waals surface area contributed by atoms with Crippen molar-refractivity contribution < 1.29 is 9.53 Å². The van der Waals surface area contributed by atoms with Crippen LogP contribution >= 0.6 is 15.9 Å². The van der Waals surface area contributed by atoms with Crippen molar-refractivity contribution in [3.63, 3.8) is 0 Å². The zero-order valence-electron chi connectivity index (χ0n) is 14.5. The average Bonchev–Trinajstić information content (AvgIpc) is 3.11. The summed E-state index contributed by atoms with van der Waals surface area (Å²) < 4.78 is 8.11. The molecular formula is C19H19BrN4O2. The molecule has 0 bridgehead atoms. The Kier molecular flexibility index (Phi) is 4.63. The maximum Gasteiger partial charge on any atom is 0.257 e. The van der Waals surface area contributed by atoms with Crippen LogP contribution in [0.15, 0.2) is 35.1 Å². The van der Waals surface area contributed by atoms with Gasteiger partial charge in [0.2, 0.25) is 0 Å². The molecule has 0 fully saturated rings. The van der Waals surface area contributed by atoms with Crippen LogP contribution in [0.25, 0.3) is 5.65 Å². The number of rotatable bonds is 4. The van der Waals surface area contributed by atoms with Crippen LogP contribution in [-0.2, 0) is 19.4 Å². The minimum atomic E-state index is -0.190. The molecule has 6 nitrogen and oxygen atoms in total. The second kappa shape index (κ2) is 7.07. The maximum atomic E-state index is 12.7. The number of ether oxygens (including phenoxy) is 1. The van der Waals surface area contributed by atoms with Crippen molar-refractivity contribution in [1.29, 1.82) is 0 Å². The number of benzene rings is 1. The number of carbonyl (C=O) groups excluding carboxylic acids is 1. The van der Waals surface area contributed by atoms with Crippen LogP contribution < -0.4 is 10.1 Å². The number of halogens is 1. The van der Waals surface area contributed by atoms with Crippen molar-refractivity contribution in [1.82, 2.24) is 19.9 Å². The summed E-state index contributed by atoms with van der Waals surface area (Å²) in [4.78, 5) is 17.2. The van der Waals surface area contributed by atoms with E-state index in [-0.39, 0.29) is 5.91 Å². The highest BCUT2D eigenvalue weighted by Gasteiger charge is 2.19. The van der Waals surface area contributed by atoms with Gasteiger partial charge in [0.05, 0.1) is 13.3 Å². The molecule has 0 unspecified atom stereocenters. The van der Waals surface area contributed by atoms with E-state index >= 15 is 0 Å². The molecular weight excluding hydrogens is 396 g/mol. The van der Waals surface area contributed by atoms with E-state index in [1.165, 1.54) is 17.7 Å². The van der Waals surface area contributed by atoms with Gasteiger partial charge in [0.1, 0.15) is 11.3 Å². The third kappa shape index (κ3) is 3.07.